The van der Waals surface area contributed by atoms with Crippen LogP contribution in [0.5, 0.6) is 0 Å². The fourth-order valence-corrected chi connectivity index (χ4v) is 1.82. The van der Waals surface area contributed by atoms with Gasteiger partial charge in [0, 0.05) is 24.5 Å². The summed E-state index contributed by atoms with van der Waals surface area (Å²) in [6.45, 7) is 1.47. The van der Waals surface area contributed by atoms with Crippen molar-refractivity contribution in [2.24, 2.45) is 0 Å². The number of hydrogen-bond acceptors (Lipinski definition) is 6. The van der Waals surface area contributed by atoms with Gasteiger partial charge in [-0.15, -0.1) is 5.10 Å². The number of anilines is 1. The van der Waals surface area contributed by atoms with Crippen molar-refractivity contribution in [2.75, 3.05) is 5.32 Å². The SMILES string of the molecule is Cc1cc(NC(=O)Cn2nc(-n3cccn3)ccc2=O)no1. The molecule has 0 bridgehead atoms. The molecular formula is C13H12N6O3. The molecule has 1 N–H and O–H groups in total. The fourth-order valence-electron chi connectivity index (χ4n) is 1.82. The van der Waals surface area contributed by atoms with E-state index >= 15 is 0 Å². The third kappa shape index (κ3) is 2.92. The van der Waals surface area contributed by atoms with Crippen LogP contribution in [0.1, 0.15) is 5.76 Å². The Morgan fingerprint density at radius 1 is 1.41 bits per heavy atom. The number of nitrogens with zero attached hydrogens (tertiary/aromatic N) is 5. The summed E-state index contributed by atoms with van der Waals surface area (Å²) in [6.07, 6.45) is 3.28. The molecule has 3 aromatic heterocycles. The molecule has 0 spiro atoms. The molecule has 3 rings (SSSR count). The highest BCUT2D eigenvalue weighted by atomic mass is 16.5. The number of hydrogen-bond donors (Lipinski definition) is 1. The maximum atomic E-state index is 11.9. The second-order valence-corrected chi connectivity index (χ2v) is 4.51. The monoisotopic (exact) mass is 300 g/mol. The number of aromatic nitrogens is 5. The Labute approximate surface area is 124 Å². The minimum atomic E-state index is -0.430. The van der Waals surface area contributed by atoms with Crippen molar-refractivity contribution in [3.63, 3.8) is 0 Å². The van der Waals surface area contributed by atoms with Crippen molar-refractivity contribution in [2.45, 2.75) is 13.5 Å². The summed E-state index contributed by atoms with van der Waals surface area (Å²) in [7, 11) is 0. The number of carbonyl (C=O) groups is 1. The highest BCUT2D eigenvalue weighted by molar-refractivity contribution is 5.89. The van der Waals surface area contributed by atoms with Crippen LogP contribution < -0.4 is 10.9 Å². The predicted molar refractivity (Wildman–Crippen MR) is 75.5 cm³/mol. The van der Waals surface area contributed by atoms with Gasteiger partial charge in [-0.25, -0.2) is 9.36 Å². The van der Waals surface area contributed by atoms with Crippen molar-refractivity contribution in [1.82, 2.24) is 24.7 Å². The Morgan fingerprint density at radius 3 is 2.95 bits per heavy atom. The molecule has 0 saturated carbocycles. The minimum absolute atomic E-state index is 0.236. The molecule has 9 nitrogen and oxygen atoms in total. The average molecular weight is 300 g/mol. The maximum Gasteiger partial charge on any atom is 0.267 e. The Hall–Kier alpha value is -3.23. The van der Waals surface area contributed by atoms with Gasteiger partial charge < -0.3 is 9.84 Å². The second-order valence-electron chi connectivity index (χ2n) is 4.51. The van der Waals surface area contributed by atoms with Gasteiger partial charge in [0.15, 0.2) is 11.6 Å². The van der Waals surface area contributed by atoms with Crippen molar-refractivity contribution >= 4 is 11.7 Å². The first-order chi connectivity index (χ1) is 10.6. The number of rotatable bonds is 4. The van der Waals surface area contributed by atoms with E-state index in [1.807, 2.05) is 0 Å². The first-order valence-electron chi connectivity index (χ1n) is 6.43. The third-order valence-corrected chi connectivity index (χ3v) is 2.78. The Morgan fingerprint density at radius 2 is 2.27 bits per heavy atom. The first kappa shape index (κ1) is 13.7. The highest BCUT2D eigenvalue weighted by Crippen LogP contribution is 2.06. The van der Waals surface area contributed by atoms with Gasteiger partial charge in [-0.1, -0.05) is 5.16 Å². The Kier molecular flexibility index (Phi) is 3.52. The molecule has 0 saturated heterocycles. The quantitative estimate of drug-likeness (QED) is 0.745. The molecule has 0 unspecified atom stereocenters. The van der Waals surface area contributed by atoms with Crippen LogP contribution >= 0.6 is 0 Å². The van der Waals surface area contributed by atoms with Crippen LogP contribution in [0.4, 0.5) is 5.82 Å². The van der Waals surface area contributed by atoms with Crippen LogP contribution in [0, 0.1) is 6.92 Å². The van der Waals surface area contributed by atoms with Crippen LogP contribution in [-0.2, 0) is 11.3 Å². The smallest absolute Gasteiger partial charge is 0.267 e. The van der Waals surface area contributed by atoms with E-state index < -0.39 is 5.91 Å². The normalized spacial score (nSPS) is 10.6. The molecule has 1 amide bonds. The molecule has 0 fully saturated rings. The van der Waals surface area contributed by atoms with E-state index in [1.54, 1.807) is 31.5 Å². The van der Waals surface area contributed by atoms with Gasteiger partial charge in [0.2, 0.25) is 5.91 Å². The fraction of sp³-hybridized carbons (Fsp3) is 0.154. The summed E-state index contributed by atoms with van der Waals surface area (Å²) in [6, 6.07) is 6.17. The second kappa shape index (κ2) is 5.64. The number of aryl methyl sites for hydroxylation is 1. The molecule has 0 aliphatic carbocycles. The van der Waals surface area contributed by atoms with Crippen LogP contribution in [0.25, 0.3) is 5.82 Å². The standard InChI is InChI=1S/C13H12N6O3/c1-9-7-10(17-22-9)15-12(20)8-19-13(21)4-3-11(16-19)18-6-2-5-14-18/h2-7H,8H2,1H3,(H,15,17,20). The van der Waals surface area contributed by atoms with Crippen LogP contribution in [0.3, 0.4) is 0 Å². The first-order valence-corrected chi connectivity index (χ1v) is 6.43. The maximum absolute atomic E-state index is 11.9. The molecule has 0 aromatic carbocycles. The van der Waals surface area contributed by atoms with Gasteiger partial charge in [0.1, 0.15) is 12.3 Å². The number of carbonyl (C=O) groups excluding carboxylic acids is 1. The summed E-state index contributed by atoms with van der Waals surface area (Å²) in [5, 5.41) is 14.3. The van der Waals surface area contributed by atoms with Crippen LogP contribution in [0.2, 0.25) is 0 Å². The Bertz CT molecular complexity index is 849. The molecule has 0 radical (unpaired) electrons. The van der Waals surface area contributed by atoms with Gasteiger partial charge in [-0.05, 0) is 19.1 Å². The zero-order chi connectivity index (χ0) is 15.5. The summed E-state index contributed by atoms with van der Waals surface area (Å²) < 4.78 is 7.40. The predicted octanol–water partition coefficient (Wildman–Crippen LogP) is 0.364. The molecule has 0 aliphatic heterocycles. The average Bonchev–Trinajstić information content (AvgIpc) is 3.13. The Balaban J connectivity index is 1.78. The van der Waals surface area contributed by atoms with E-state index in [-0.39, 0.29) is 12.1 Å². The number of amides is 1. The van der Waals surface area contributed by atoms with Crippen molar-refractivity contribution < 1.29 is 9.32 Å². The molecule has 0 aliphatic rings. The summed E-state index contributed by atoms with van der Waals surface area (Å²) in [4.78, 5) is 23.7. The van der Waals surface area contributed by atoms with E-state index in [0.717, 1.165) is 4.68 Å². The molecule has 9 heteroatoms. The zero-order valence-electron chi connectivity index (χ0n) is 11.6. The molecule has 0 atom stereocenters. The lowest BCUT2D eigenvalue weighted by molar-refractivity contribution is -0.117. The summed E-state index contributed by atoms with van der Waals surface area (Å²) >= 11 is 0. The zero-order valence-corrected chi connectivity index (χ0v) is 11.6. The topological polar surface area (TPSA) is 108 Å². The lowest BCUT2D eigenvalue weighted by Crippen LogP contribution is -2.30. The van der Waals surface area contributed by atoms with Gasteiger partial charge in [0.05, 0.1) is 0 Å². The minimum Gasteiger partial charge on any atom is -0.360 e. The molecule has 22 heavy (non-hydrogen) atoms. The van der Waals surface area contributed by atoms with Crippen molar-refractivity contribution in [1.29, 1.82) is 0 Å². The third-order valence-electron chi connectivity index (χ3n) is 2.78. The summed E-state index contributed by atoms with van der Waals surface area (Å²) in [5.74, 6) is 0.875. The van der Waals surface area contributed by atoms with E-state index in [4.69, 9.17) is 4.52 Å². The summed E-state index contributed by atoms with van der Waals surface area (Å²) in [5.41, 5.74) is -0.387. The highest BCUT2D eigenvalue weighted by Gasteiger charge is 2.10. The largest absolute Gasteiger partial charge is 0.360 e. The van der Waals surface area contributed by atoms with Crippen LogP contribution in [0.15, 0.2) is 46.0 Å². The van der Waals surface area contributed by atoms with Gasteiger partial charge >= 0.3 is 0 Å². The lowest BCUT2D eigenvalue weighted by Gasteiger charge is -2.06. The van der Waals surface area contributed by atoms with E-state index in [9.17, 15) is 9.59 Å². The molecule has 112 valence electrons. The van der Waals surface area contributed by atoms with E-state index in [2.05, 4.69) is 20.7 Å². The van der Waals surface area contributed by atoms with Crippen molar-refractivity contribution in [3.05, 3.63) is 52.8 Å². The lowest BCUT2D eigenvalue weighted by atomic mass is 10.4. The molecule has 3 aromatic rings. The molecule has 3 heterocycles. The molecular weight excluding hydrogens is 288 g/mol. The van der Waals surface area contributed by atoms with Gasteiger partial charge in [0.25, 0.3) is 5.56 Å². The van der Waals surface area contributed by atoms with Gasteiger partial charge in [-0.2, -0.15) is 5.10 Å². The van der Waals surface area contributed by atoms with Gasteiger partial charge in [-0.3, -0.25) is 9.59 Å². The number of nitrogens with one attached hydrogen (secondary N) is 1. The van der Waals surface area contributed by atoms with Crippen LogP contribution in [-0.4, -0.2) is 30.6 Å². The van der Waals surface area contributed by atoms with E-state index in [1.165, 1.54) is 16.8 Å². The van der Waals surface area contributed by atoms with Crippen molar-refractivity contribution in [3.8, 4) is 5.82 Å². The van der Waals surface area contributed by atoms with E-state index in [0.29, 0.717) is 17.4 Å².